The molecule has 0 aromatic rings. The molecule has 0 N–H and O–H groups in total. The molecule has 0 saturated carbocycles. The first-order chi connectivity index (χ1) is 8.95. The van der Waals surface area contributed by atoms with Crippen LogP contribution < -0.4 is 0 Å². The van der Waals surface area contributed by atoms with E-state index in [1.54, 1.807) is 4.90 Å². The molecule has 0 bridgehead atoms. The van der Waals surface area contributed by atoms with Crippen LogP contribution in [-0.2, 0) is 14.3 Å². The predicted octanol–water partition coefficient (Wildman–Crippen LogP) is 1.58. The van der Waals surface area contributed by atoms with Crippen molar-refractivity contribution in [2.75, 3.05) is 20.2 Å². The monoisotopic (exact) mass is 266 g/mol. The van der Waals surface area contributed by atoms with E-state index in [0.29, 0.717) is 25.9 Å². The molecule has 0 spiro atoms. The Labute approximate surface area is 114 Å². The molecule has 1 fully saturated rings. The Kier molecular flexibility index (Phi) is 4.93. The Morgan fingerprint density at radius 3 is 2.37 bits per heavy atom. The summed E-state index contributed by atoms with van der Waals surface area (Å²) < 4.78 is 4.76. The molecule has 0 aliphatic carbocycles. The van der Waals surface area contributed by atoms with Gasteiger partial charge in [0, 0.05) is 13.1 Å². The summed E-state index contributed by atoms with van der Waals surface area (Å²) in [5, 5.41) is 9.31. The van der Waals surface area contributed by atoms with Gasteiger partial charge in [-0.1, -0.05) is 20.8 Å². The van der Waals surface area contributed by atoms with Crippen molar-refractivity contribution in [1.29, 1.82) is 5.26 Å². The van der Waals surface area contributed by atoms with Crippen LogP contribution in [0.15, 0.2) is 0 Å². The minimum atomic E-state index is -0.954. The van der Waals surface area contributed by atoms with Crippen LogP contribution in [0.25, 0.3) is 0 Å². The maximum atomic E-state index is 12.5. The number of ether oxygens (including phenoxy) is 1. The van der Waals surface area contributed by atoms with Crippen molar-refractivity contribution in [2.24, 2.45) is 17.3 Å². The topological polar surface area (TPSA) is 70.4 Å². The van der Waals surface area contributed by atoms with E-state index in [0.717, 1.165) is 0 Å². The fraction of sp³-hybridized carbons (Fsp3) is 0.786. The van der Waals surface area contributed by atoms with E-state index in [1.807, 2.05) is 20.8 Å². The second-order valence-electron chi connectivity index (χ2n) is 5.22. The zero-order chi connectivity index (χ0) is 14.6. The lowest BCUT2D eigenvalue weighted by Gasteiger charge is -2.28. The number of likely N-dealkylation sites (tertiary alicyclic amines) is 1. The van der Waals surface area contributed by atoms with Gasteiger partial charge in [0.25, 0.3) is 0 Å². The number of methoxy groups -OCH3 is 1. The van der Waals surface area contributed by atoms with Crippen LogP contribution in [-0.4, -0.2) is 37.0 Å². The molecular formula is C14H22N2O3. The summed E-state index contributed by atoms with van der Waals surface area (Å²) in [7, 11) is 1.36. The molecule has 1 amide bonds. The molecule has 106 valence electrons. The van der Waals surface area contributed by atoms with Crippen molar-refractivity contribution in [2.45, 2.75) is 33.6 Å². The molecule has 5 nitrogen and oxygen atoms in total. The van der Waals surface area contributed by atoms with Gasteiger partial charge in [-0.05, 0) is 18.8 Å². The van der Waals surface area contributed by atoms with Gasteiger partial charge in [0.1, 0.15) is 5.41 Å². The van der Waals surface area contributed by atoms with Gasteiger partial charge in [0.2, 0.25) is 5.91 Å². The largest absolute Gasteiger partial charge is 0.469 e. The number of carbonyl (C=O) groups is 2. The molecule has 2 atom stereocenters. The van der Waals surface area contributed by atoms with Gasteiger partial charge in [0.15, 0.2) is 0 Å². The van der Waals surface area contributed by atoms with E-state index >= 15 is 0 Å². The van der Waals surface area contributed by atoms with Gasteiger partial charge in [-0.2, -0.15) is 5.26 Å². The van der Waals surface area contributed by atoms with Crippen LogP contribution >= 0.6 is 0 Å². The second kappa shape index (κ2) is 6.05. The lowest BCUT2D eigenvalue weighted by molar-refractivity contribution is -0.146. The minimum absolute atomic E-state index is 0.0708. The fourth-order valence-electron chi connectivity index (χ4n) is 2.65. The van der Waals surface area contributed by atoms with Crippen LogP contribution in [0.4, 0.5) is 0 Å². The van der Waals surface area contributed by atoms with Crippen molar-refractivity contribution in [3.63, 3.8) is 0 Å². The van der Waals surface area contributed by atoms with Crippen molar-refractivity contribution >= 4 is 11.9 Å². The zero-order valence-corrected chi connectivity index (χ0v) is 12.1. The molecule has 1 saturated heterocycles. The number of hydrogen-bond donors (Lipinski definition) is 0. The Balaban J connectivity index is 2.87. The highest BCUT2D eigenvalue weighted by atomic mass is 16.5. The van der Waals surface area contributed by atoms with Gasteiger partial charge in [-0.3, -0.25) is 9.59 Å². The van der Waals surface area contributed by atoms with Gasteiger partial charge in [-0.25, -0.2) is 0 Å². The van der Waals surface area contributed by atoms with Crippen LogP contribution in [0, 0.1) is 28.6 Å². The molecule has 5 heteroatoms. The normalized spacial score (nSPS) is 23.0. The first kappa shape index (κ1) is 15.5. The third-order valence-corrected chi connectivity index (χ3v) is 4.23. The standard InChI is InChI=1S/C14H22N2O3/c1-5-14(6-2,9-15)13(18)16-7-10(3)11(8-16)12(17)19-4/h10-11H,5-8H2,1-4H3. The van der Waals surface area contributed by atoms with E-state index in [1.165, 1.54) is 7.11 Å². The van der Waals surface area contributed by atoms with Gasteiger partial charge < -0.3 is 9.64 Å². The van der Waals surface area contributed by atoms with Crippen molar-refractivity contribution in [1.82, 2.24) is 4.90 Å². The zero-order valence-electron chi connectivity index (χ0n) is 12.1. The quantitative estimate of drug-likeness (QED) is 0.724. The van der Waals surface area contributed by atoms with E-state index < -0.39 is 5.41 Å². The molecule has 0 aromatic carbocycles. The SMILES string of the molecule is CCC(C#N)(CC)C(=O)N1CC(C)C(C(=O)OC)C1. The number of hydrogen-bond acceptors (Lipinski definition) is 4. The van der Waals surface area contributed by atoms with Gasteiger partial charge in [-0.15, -0.1) is 0 Å². The Hall–Kier alpha value is -1.57. The third kappa shape index (κ3) is 2.73. The number of nitriles is 1. The molecule has 0 radical (unpaired) electrons. The minimum Gasteiger partial charge on any atom is -0.469 e. The number of amides is 1. The first-order valence-corrected chi connectivity index (χ1v) is 6.74. The smallest absolute Gasteiger partial charge is 0.310 e. The van der Waals surface area contributed by atoms with Gasteiger partial charge in [0.05, 0.1) is 19.1 Å². The molecule has 19 heavy (non-hydrogen) atoms. The summed E-state index contributed by atoms with van der Waals surface area (Å²) in [5.41, 5.74) is -0.954. The molecular weight excluding hydrogens is 244 g/mol. The lowest BCUT2D eigenvalue weighted by atomic mass is 9.82. The second-order valence-corrected chi connectivity index (χ2v) is 5.22. The molecule has 1 rings (SSSR count). The summed E-state index contributed by atoms with van der Waals surface area (Å²) in [5.74, 6) is -0.642. The van der Waals surface area contributed by atoms with E-state index in [-0.39, 0.29) is 23.7 Å². The maximum Gasteiger partial charge on any atom is 0.310 e. The number of carbonyl (C=O) groups excluding carboxylic acids is 2. The Morgan fingerprint density at radius 2 is 1.95 bits per heavy atom. The van der Waals surface area contributed by atoms with Crippen LogP contribution in [0.1, 0.15) is 33.6 Å². The van der Waals surface area contributed by atoms with E-state index in [9.17, 15) is 14.9 Å². The van der Waals surface area contributed by atoms with Crippen LogP contribution in [0.2, 0.25) is 0 Å². The highest BCUT2D eigenvalue weighted by Gasteiger charge is 2.44. The van der Waals surface area contributed by atoms with Crippen LogP contribution in [0.5, 0.6) is 0 Å². The summed E-state index contributed by atoms with van der Waals surface area (Å²) >= 11 is 0. The Morgan fingerprint density at radius 1 is 1.37 bits per heavy atom. The fourth-order valence-corrected chi connectivity index (χ4v) is 2.65. The summed E-state index contributed by atoms with van der Waals surface area (Å²) in [6.07, 6.45) is 0.985. The molecule has 0 aromatic heterocycles. The number of esters is 1. The first-order valence-electron chi connectivity index (χ1n) is 6.74. The van der Waals surface area contributed by atoms with Gasteiger partial charge >= 0.3 is 5.97 Å². The highest BCUT2D eigenvalue weighted by Crippen LogP contribution is 2.32. The summed E-state index contributed by atoms with van der Waals surface area (Å²) in [6, 6.07) is 2.16. The van der Waals surface area contributed by atoms with Crippen molar-refractivity contribution in [3.8, 4) is 6.07 Å². The number of rotatable bonds is 4. The highest BCUT2D eigenvalue weighted by molar-refractivity contribution is 5.86. The van der Waals surface area contributed by atoms with Crippen molar-refractivity contribution in [3.05, 3.63) is 0 Å². The average Bonchev–Trinajstić information content (AvgIpc) is 2.82. The van der Waals surface area contributed by atoms with Crippen LogP contribution in [0.3, 0.4) is 0 Å². The summed E-state index contributed by atoms with van der Waals surface area (Å²) in [6.45, 7) is 6.50. The van der Waals surface area contributed by atoms with Crippen molar-refractivity contribution < 1.29 is 14.3 Å². The van der Waals surface area contributed by atoms with E-state index in [2.05, 4.69) is 6.07 Å². The predicted molar refractivity (Wildman–Crippen MR) is 69.9 cm³/mol. The van der Waals surface area contributed by atoms with E-state index in [4.69, 9.17) is 4.74 Å². The maximum absolute atomic E-state index is 12.5. The molecule has 1 aliphatic heterocycles. The lowest BCUT2D eigenvalue weighted by Crippen LogP contribution is -2.42. The molecule has 1 aliphatic rings. The molecule has 1 heterocycles. The third-order valence-electron chi connectivity index (χ3n) is 4.23. The number of nitrogens with zero attached hydrogens (tertiary/aromatic N) is 2. The summed E-state index contributed by atoms with van der Waals surface area (Å²) in [4.78, 5) is 25.8. The molecule has 2 unspecified atom stereocenters. The average molecular weight is 266 g/mol. The Bertz CT molecular complexity index is 396.